The summed E-state index contributed by atoms with van der Waals surface area (Å²) in [5.74, 6) is 0.263. The second-order valence-electron chi connectivity index (χ2n) is 8.35. The van der Waals surface area contributed by atoms with Crippen molar-refractivity contribution < 1.29 is 13.2 Å². The van der Waals surface area contributed by atoms with Crippen LogP contribution in [0.2, 0.25) is 0 Å². The van der Waals surface area contributed by atoms with Gasteiger partial charge in [0.25, 0.3) is 10.0 Å². The zero-order valence-corrected chi connectivity index (χ0v) is 19.9. The maximum atomic E-state index is 12.6. The third kappa shape index (κ3) is 6.30. The van der Waals surface area contributed by atoms with Crippen molar-refractivity contribution in [2.24, 2.45) is 4.99 Å². The maximum absolute atomic E-state index is 12.6. The highest BCUT2D eigenvalue weighted by Crippen LogP contribution is 2.20. The van der Waals surface area contributed by atoms with Gasteiger partial charge < -0.3 is 5.32 Å². The van der Waals surface area contributed by atoms with Gasteiger partial charge in [0.1, 0.15) is 5.84 Å². The summed E-state index contributed by atoms with van der Waals surface area (Å²) in [5, 5.41) is 2.79. The number of nitrogens with zero attached hydrogens (tertiary/aromatic N) is 2. The lowest BCUT2D eigenvalue weighted by molar-refractivity contribution is -0.117. The van der Waals surface area contributed by atoms with Crippen molar-refractivity contribution in [3.8, 4) is 11.1 Å². The molecule has 3 aromatic rings. The Morgan fingerprint density at radius 3 is 2.41 bits per heavy atom. The van der Waals surface area contributed by atoms with E-state index in [1.807, 2.05) is 30.1 Å². The quantitative estimate of drug-likeness (QED) is 0.516. The van der Waals surface area contributed by atoms with E-state index < -0.39 is 10.0 Å². The number of aliphatic imine (C=N–C) groups is 1. The van der Waals surface area contributed by atoms with Crippen LogP contribution in [0.25, 0.3) is 11.1 Å². The molecule has 0 atom stereocenters. The molecule has 0 unspecified atom stereocenters. The molecule has 0 spiro atoms. The average molecular weight is 477 g/mol. The van der Waals surface area contributed by atoms with Crippen LogP contribution < -0.4 is 10.0 Å². The fourth-order valence-corrected chi connectivity index (χ4v) is 4.96. The van der Waals surface area contributed by atoms with Crippen molar-refractivity contribution in [1.82, 2.24) is 9.62 Å². The van der Waals surface area contributed by atoms with E-state index in [0.29, 0.717) is 31.0 Å². The summed E-state index contributed by atoms with van der Waals surface area (Å²) in [5.41, 5.74) is 3.84. The minimum Gasteiger partial charge on any atom is -0.325 e. The number of anilines is 1. The SMILES string of the molecule is CN(CC(=O)Nc1cccc(S(=O)(=O)NC2=NCCC2)c1)Cc1ccc(-c2ccccc2)cc1. The Bertz CT molecular complexity index is 1270. The number of carbonyl (C=O) groups excluding carboxylic acids is 1. The lowest BCUT2D eigenvalue weighted by Crippen LogP contribution is -2.30. The van der Waals surface area contributed by atoms with Crippen LogP contribution in [0.4, 0.5) is 5.69 Å². The Labute approximate surface area is 200 Å². The molecule has 1 amide bonds. The molecule has 0 aromatic heterocycles. The number of rotatable bonds is 8. The molecule has 0 saturated carbocycles. The molecule has 34 heavy (non-hydrogen) atoms. The Kier molecular flexibility index (Phi) is 7.40. The number of hydrogen-bond donors (Lipinski definition) is 2. The van der Waals surface area contributed by atoms with Gasteiger partial charge in [0, 0.05) is 25.2 Å². The molecular weight excluding hydrogens is 448 g/mol. The molecule has 1 aliphatic rings. The number of sulfonamides is 1. The van der Waals surface area contributed by atoms with Crippen molar-refractivity contribution >= 4 is 27.5 Å². The van der Waals surface area contributed by atoms with Crippen molar-refractivity contribution in [1.29, 1.82) is 0 Å². The van der Waals surface area contributed by atoms with E-state index in [0.717, 1.165) is 23.1 Å². The first-order chi connectivity index (χ1) is 16.4. The molecule has 0 fully saturated rings. The fraction of sp³-hybridized carbons (Fsp3) is 0.231. The molecular formula is C26H28N4O3S. The van der Waals surface area contributed by atoms with Crippen LogP contribution in [-0.4, -0.2) is 45.2 Å². The van der Waals surface area contributed by atoms with Gasteiger partial charge in [-0.15, -0.1) is 0 Å². The van der Waals surface area contributed by atoms with E-state index >= 15 is 0 Å². The molecule has 8 heteroatoms. The van der Waals surface area contributed by atoms with Gasteiger partial charge in [-0.05, 0) is 48.4 Å². The molecule has 0 radical (unpaired) electrons. The molecule has 0 bridgehead atoms. The van der Waals surface area contributed by atoms with E-state index in [1.165, 1.54) is 12.1 Å². The molecule has 2 N–H and O–H groups in total. The molecule has 1 aliphatic heterocycles. The van der Waals surface area contributed by atoms with E-state index in [-0.39, 0.29) is 17.3 Å². The van der Waals surface area contributed by atoms with Crippen LogP contribution in [0.3, 0.4) is 0 Å². The highest BCUT2D eigenvalue weighted by Gasteiger charge is 2.19. The Morgan fingerprint density at radius 2 is 1.71 bits per heavy atom. The lowest BCUT2D eigenvalue weighted by atomic mass is 10.0. The summed E-state index contributed by atoms with van der Waals surface area (Å²) >= 11 is 0. The van der Waals surface area contributed by atoms with E-state index in [9.17, 15) is 13.2 Å². The monoisotopic (exact) mass is 476 g/mol. The van der Waals surface area contributed by atoms with Crippen molar-refractivity contribution in [2.45, 2.75) is 24.3 Å². The summed E-state index contributed by atoms with van der Waals surface area (Å²) in [6.45, 7) is 1.42. The fourth-order valence-electron chi connectivity index (χ4n) is 3.82. The zero-order valence-electron chi connectivity index (χ0n) is 19.1. The number of carbonyl (C=O) groups is 1. The summed E-state index contributed by atoms with van der Waals surface area (Å²) < 4.78 is 27.7. The third-order valence-corrected chi connectivity index (χ3v) is 6.86. The number of nitrogens with one attached hydrogen (secondary N) is 2. The van der Waals surface area contributed by atoms with Gasteiger partial charge in [0.2, 0.25) is 5.91 Å². The third-order valence-electron chi connectivity index (χ3n) is 5.48. The number of amidine groups is 1. The first-order valence-electron chi connectivity index (χ1n) is 11.2. The van der Waals surface area contributed by atoms with Crippen molar-refractivity contribution in [3.63, 3.8) is 0 Å². The average Bonchev–Trinajstić information content (AvgIpc) is 3.32. The molecule has 3 aromatic carbocycles. The van der Waals surface area contributed by atoms with Crippen LogP contribution in [0.5, 0.6) is 0 Å². The standard InChI is InChI=1S/C26H28N4O3S/c1-30(18-20-12-14-22(15-13-20)21-7-3-2-4-8-21)19-26(31)28-23-9-5-10-24(17-23)34(32,33)29-25-11-6-16-27-25/h2-5,7-10,12-15,17H,6,11,16,18-19H2,1H3,(H,27,29)(H,28,31). The van der Waals surface area contributed by atoms with Crippen LogP contribution in [0, 0.1) is 0 Å². The first-order valence-corrected chi connectivity index (χ1v) is 12.7. The van der Waals surface area contributed by atoms with Gasteiger partial charge in [-0.1, -0.05) is 60.7 Å². The van der Waals surface area contributed by atoms with Gasteiger partial charge >= 0.3 is 0 Å². The summed E-state index contributed by atoms with van der Waals surface area (Å²) in [6, 6.07) is 24.7. The van der Waals surface area contributed by atoms with Crippen LogP contribution >= 0.6 is 0 Å². The van der Waals surface area contributed by atoms with E-state index in [1.54, 1.807) is 12.1 Å². The van der Waals surface area contributed by atoms with Gasteiger partial charge in [-0.3, -0.25) is 19.4 Å². The minimum atomic E-state index is -3.73. The Morgan fingerprint density at radius 1 is 0.971 bits per heavy atom. The second-order valence-corrected chi connectivity index (χ2v) is 10.0. The predicted molar refractivity (Wildman–Crippen MR) is 135 cm³/mol. The minimum absolute atomic E-state index is 0.0896. The van der Waals surface area contributed by atoms with Crippen molar-refractivity contribution in [3.05, 3.63) is 84.4 Å². The molecule has 7 nitrogen and oxygen atoms in total. The normalized spacial score (nSPS) is 13.5. The summed E-state index contributed by atoms with van der Waals surface area (Å²) in [4.78, 5) is 18.7. The topological polar surface area (TPSA) is 90.9 Å². The van der Waals surface area contributed by atoms with Crippen LogP contribution in [0.15, 0.2) is 88.8 Å². The molecule has 4 rings (SSSR count). The maximum Gasteiger partial charge on any atom is 0.262 e. The number of hydrogen-bond acceptors (Lipinski definition) is 5. The molecule has 0 aliphatic carbocycles. The Hall–Kier alpha value is -3.49. The van der Waals surface area contributed by atoms with Gasteiger partial charge in [0.15, 0.2) is 0 Å². The molecule has 1 heterocycles. The van der Waals surface area contributed by atoms with E-state index in [4.69, 9.17) is 0 Å². The largest absolute Gasteiger partial charge is 0.325 e. The lowest BCUT2D eigenvalue weighted by Gasteiger charge is -2.17. The van der Waals surface area contributed by atoms with Crippen LogP contribution in [0.1, 0.15) is 18.4 Å². The van der Waals surface area contributed by atoms with Gasteiger partial charge in [0.05, 0.1) is 11.4 Å². The number of benzene rings is 3. The summed E-state index contributed by atoms with van der Waals surface area (Å²) in [7, 11) is -1.86. The highest BCUT2D eigenvalue weighted by atomic mass is 32.2. The zero-order chi connectivity index (χ0) is 24.0. The summed E-state index contributed by atoms with van der Waals surface area (Å²) in [6.07, 6.45) is 1.47. The second kappa shape index (κ2) is 10.6. The Balaban J connectivity index is 1.32. The first kappa shape index (κ1) is 23.7. The van der Waals surface area contributed by atoms with Crippen molar-refractivity contribution in [2.75, 3.05) is 25.5 Å². The van der Waals surface area contributed by atoms with Crippen LogP contribution in [-0.2, 0) is 21.4 Å². The predicted octanol–water partition coefficient (Wildman–Crippen LogP) is 3.89. The van der Waals surface area contributed by atoms with Gasteiger partial charge in [-0.2, -0.15) is 0 Å². The molecule has 176 valence electrons. The number of amides is 1. The number of likely N-dealkylation sites (N-methyl/N-ethyl adjacent to an activating group) is 1. The van der Waals surface area contributed by atoms with Gasteiger partial charge in [-0.25, -0.2) is 8.42 Å². The molecule has 0 saturated heterocycles. The highest BCUT2D eigenvalue weighted by molar-refractivity contribution is 7.90. The smallest absolute Gasteiger partial charge is 0.262 e. The van der Waals surface area contributed by atoms with E-state index in [2.05, 4.69) is 51.4 Å².